The molecule has 1 aliphatic carbocycles. The van der Waals surface area contributed by atoms with Gasteiger partial charge in [-0.05, 0) is 62.0 Å². The summed E-state index contributed by atoms with van der Waals surface area (Å²) in [6.07, 6.45) is 3.72. The molecule has 1 saturated carbocycles. The third-order valence-electron chi connectivity index (χ3n) is 7.07. The zero-order valence-electron chi connectivity index (χ0n) is 18.1. The number of hydrogen-bond donors (Lipinski definition) is 2. The molecule has 0 radical (unpaired) electrons. The van der Waals surface area contributed by atoms with E-state index in [1.54, 1.807) is 14.0 Å². The van der Waals surface area contributed by atoms with Crippen LogP contribution in [0.5, 0.6) is 0 Å². The van der Waals surface area contributed by atoms with Crippen LogP contribution in [-0.2, 0) is 4.79 Å². The summed E-state index contributed by atoms with van der Waals surface area (Å²) in [5, 5.41) is 12.2. The molecule has 1 heterocycles. The minimum atomic E-state index is -1.31. The van der Waals surface area contributed by atoms with Gasteiger partial charge in [-0.1, -0.05) is 19.9 Å². The largest absolute Gasteiger partial charge is 0.478 e. The second-order valence-electron chi connectivity index (χ2n) is 8.89. The molecule has 0 spiro atoms. The lowest BCUT2D eigenvalue weighted by molar-refractivity contribution is -0.132. The topological polar surface area (TPSA) is 69.6 Å². The third kappa shape index (κ3) is 3.43. The Bertz CT molecular complexity index is 902. The Morgan fingerprint density at radius 1 is 1.24 bits per heavy atom. The first kappa shape index (κ1) is 21.3. The lowest BCUT2D eigenvalue weighted by Gasteiger charge is -2.27. The van der Waals surface area contributed by atoms with Crippen LogP contribution in [0.1, 0.15) is 55.1 Å². The van der Waals surface area contributed by atoms with E-state index in [-0.39, 0.29) is 16.8 Å². The van der Waals surface area contributed by atoms with Crippen molar-refractivity contribution < 1.29 is 19.1 Å². The SMILES string of the molecule is C/C=C(/C(=O)O)C(=O)c1c(C)c(C)c(N2CC(C3(C)CC3)[C@@H](C)C2)c(F)c1NC. The van der Waals surface area contributed by atoms with E-state index in [4.69, 9.17) is 0 Å². The van der Waals surface area contributed by atoms with Crippen molar-refractivity contribution in [3.63, 3.8) is 0 Å². The molecule has 1 aliphatic heterocycles. The van der Waals surface area contributed by atoms with E-state index in [1.165, 1.54) is 25.8 Å². The smallest absolute Gasteiger partial charge is 0.339 e. The number of carboxylic acid groups (broad SMARTS) is 1. The predicted octanol–water partition coefficient (Wildman–Crippen LogP) is 4.57. The van der Waals surface area contributed by atoms with Crippen molar-refractivity contribution >= 4 is 23.1 Å². The van der Waals surface area contributed by atoms with Gasteiger partial charge in [0, 0.05) is 20.1 Å². The Morgan fingerprint density at radius 3 is 2.34 bits per heavy atom. The van der Waals surface area contributed by atoms with Gasteiger partial charge in [-0.3, -0.25) is 4.79 Å². The molecule has 158 valence electrons. The lowest BCUT2D eigenvalue weighted by Crippen LogP contribution is -2.26. The molecule has 1 aromatic rings. The van der Waals surface area contributed by atoms with Gasteiger partial charge in [0.2, 0.25) is 5.78 Å². The van der Waals surface area contributed by atoms with Crippen molar-refractivity contribution in [2.24, 2.45) is 17.3 Å². The molecule has 5 nitrogen and oxygen atoms in total. The number of Topliss-reactive ketones (excluding diaryl/α,β-unsaturated/α-hetero) is 1. The number of carbonyl (C=O) groups excluding carboxylic acids is 1. The summed E-state index contributed by atoms with van der Waals surface area (Å²) in [6, 6.07) is 0. The van der Waals surface area contributed by atoms with E-state index in [0.717, 1.165) is 13.1 Å². The lowest BCUT2D eigenvalue weighted by atomic mass is 9.84. The third-order valence-corrected chi connectivity index (χ3v) is 7.07. The number of anilines is 2. The first-order valence-electron chi connectivity index (χ1n) is 10.3. The van der Waals surface area contributed by atoms with Gasteiger partial charge < -0.3 is 15.3 Å². The number of allylic oxidation sites excluding steroid dienone is 1. The number of hydrogen-bond acceptors (Lipinski definition) is 4. The van der Waals surface area contributed by atoms with Crippen LogP contribution in [0.4, 0.5) is 15.8 Å². The molecule has 1 unspecified atom stereocenters. The number of nitrogens with zero attached hydrogens (tertiary/aromatic N) is 1. The number of carbonyl (C=O) groups is 2. The number of aliphatic carboxylic acids is 1. The van der Waals surface area contributed by atoms with Crippen LogP contribution < -0.4 is 10.2 Å². The number of halogens is 1. The summed E-state index contributed by atoms with van der Waals surface area (Å²) < 4.78 is 15.7. The van der Waals surface area contributed by atoms with Gasteiger partial charge in [0.1, 0.15) is 5.57 Å². The highest BCUT2D eigenvalue weighted by molar-refractivity contribution is 6.26. The van der Waals surface area contributed by atoms with Crippen LogP contribution in [0.2, 0.25) is 0 Å². The highest BCUT2D eigenvalue weighted by Crippen LogP contribution is 2.56. The van der Waals surface area contributed by atoms with E-state index in [2.05, 4.69) is 24.1 Å². The molecule has 2 N–H and O–H groups in total. The van der Waals surface area contributed by atoms with Crippen molar-refractivity contribution in [1.82, 2.24) is 0 Å². The van der Waals surface area contributed by atoms with Crippen LogP contribution in [0.25, 0.3) is 0 Å². The van der Waals surface area contributed by atoms with Gasteiger partial charge in [-0.15, -0.1) is 0 Å². The second kappa shape index (κ2) is 7.47. The summed E-state index contributed by atoms with van der Waals surface area (Å²) in [5.74, 6) is -1.46. The maximum atomic E-state index is 15.7. The zero-order chi connectivity index (χ0) is 21.7. The van der Waals surface area contributed by atoms with Crippen LogP contribution in [-0.4, -0.2) is 37.0 Å². The first-order chi connectivity index (χ1) is 13.6. The van der Waals surface area contributed by atoms with Gasteiger partial charge in [-0.25, -0.2) is 9.18 Å². The number of ketones is 1. The highest BCUT2D eigenvalue weighted by atomic mass is 19.1. The van der Waals surface area contributed by atoms with E-state index in [1.807, 2.05) is 6.92 Å². The number of rotatable bonds is 6. The Labute approximate surface area is 172 Å². The molecular weight excluding hydrogens is 371 g/mol. The van der Waals surface area contributed by atoms with Gasteiger partial charge in [0.05, 0.1) is 16.9 Å². The van der Waals surface area contributed by atoms with E-state index < -0.39 is 17.6 Å². The van der Waals surface area contributed by atoms with Crippen LogP contribution in [0.15, 0.2) is 11.6 Å². The summed E-state index contributed by atoms with van der Waals surface area (Å²) in [5.41, 5.74) is 2.01. The molecule has 2 atom stereocenters. The fourth-order valence-corrected chi connectivity index (χ4v) is 4.95. The predicted molar refractivity (Wildman–Crippen MR) is 113 cm³/mol. The fraction of sp³-hybridized carbons (Fsp3) is 0.565. The average molecular weight is 403 g/mol. The molecule has 3 rings (SSSR count). The molecule has 29 heavy (non-hydrogen) atoms. The summed E-state index contributed by atoms with van der Waals surface area (Å²) in [6.45, 7) is 11.2. The molecule has 0 aromatic heterocycles. The molecule has 6 heteroatoms. The molecule has 1 aromatic carbocycles. The molecular formula is C23H31FN2O3. The van der Waals surface area contributed by atoms with E-state index >= 15 is 4.39 Å². The summed E-state index contributed by atoms with van der Waals surface area (Å²) in [7, 11) is 1.56. The van der Waals surface area contributed by atoms with E-state index in [0.29, 0.717) is 34.1 Å². The normalized spacial score (nSPS) is 23.3. The van der Waals surface area contributed by atoms with Crippen molar-refractivity contribution in [3.05, 3.63) is 34.2 Å². The molecule has 0 bridgehead atoms. The Kier molecular flexibility index (Phi) is 5.50. The average Bonchev–Trinajstić information content (AvgIpc) is 3.28. The minimum Gasteiger partial charge on any atom is -0.478 e. The Hall–Kier alpha value is -2.37. The van der Waals surface area contributed by atoms with Crippen LogP contribution >= 0.6 is 0 Å². The Morgan fingerprint density at radius 2 is 1.86 bits per heavy atom. The maximum absolute atomic E-state index is 15.7. The van der Waals surface area contributed by atoms with Crippen LogP contribution in [0.3, 0.4) is 0 Å². The Balaban J connectivity index is 2.09. The number of carboxylic acids is 1. The zero-order valence-corrected chi connectivity index (χ0v) is 18.1. The highest BCUT2D eigenvalue weighted by Gasteiger charge is 2.50. The maximum Gasteiger partial charge on any atom is 0.339 e. The van der Waals surface area contributed by atoms with Crippen LogP contribution in [0, 0.1) is 36.9 Å². The minimum absolute atomic E-state index is 0.0717. The molecule has 2 fully saturated rings. The number of benzene rings is 1. The van der Waals surface area contributed by atoms with Crippen molar-refractivity contribution in [2.45, 2.75) is 47.5 Å². The number of nitrogens with one attached hydrogen (secondary N) is 1. The van der Waals surface area contributed by atoms with Crippen molar-refractivity contribution in [3.8, 4) is 0 Å². The van der Waals surface area contributed by atoms with Gasteiger partial charge in [-0.2, -0.15) is 0 Å². The van der Waals surface area contributed by atoms with Crippen molar-refractivity contribution in [2.75, 3.05) is 30.4 Å². The summed E-state index contributed by atoms with van der Waals surface area (Å²) >= 11 is 0. The molecule has 0 amide bonds. The monoisotopic (exact) mass is 402 g/mol. The van der Waals surface area contributed by atoms with Gasteiger partial charge in [0.15, 0.2) is 5.82 Å². The van der Waals surface area contributed by atoms with Gasteiger partial charge in [0.25, 0.3) is 0 Å². The molecule has 2 aliphatic rings. The first-order valence-corrected chi connectivity index (χ1v) is 10.3. The fourth-order valence-electron chi connectivity index (χ4n) is 4.95. The standard InChI is InChI=1S/C23H31FN2O3/c1-7-15(22(28)29)21(27)17-13(3)14(4)20(18(24)19(17)25-6)26-10-12(2)16(11-26)23(5)8-9-23/h7,12,16,25H,8-11H2,1-6H3,(H,28,29)/b15-7+/t12-,16?/m0/s1. The van der Waals surface area contributed by atoms with Gasteiger partial charge >= 0.3 is 5.97 Å². The quantitative estimate of drug-likeness (QED) is 0.316. The summed E-state index contributed by atoms with van der Waals surface area (Å²) in [4.78, 5) is 26.5. The van der Waals surface area contributed by atoms with E-state index in [9.17, 15) is 14.7 Å². The second-order valence-corrected chi connectivity index (χ2v) is 8.89. The molecule has 1 saturated heterocycles. The van der Waals surface area contributed by atoms with Crippen molar-refractivity contribution in [1.29, 1.82) is 0 Å².